The number of rotatable bonds is 1. The van der Waals surface area contributed by atoms with Crippen LogP contribution in [0.2, 0.25) is 0 Å². The molecule has 15 heavy (non-hydrogen) atoms. The smallest absolute Gasteiger partial charge is 0.410 e. The van der Waals surface area contributed by atoms with E-state index in [1.165, 1.54) is 0 Å². The van der Waals surface area contributed by atoms with Crippen molar-refractivity contribution in [2.45, 2.75) is 6.17 Å². The summed E-state index contributed by atoms with van der Waals surface area (Å²) >= 11 is 0. The molecule has 0 unspecified atom stereocenters. The number of primary amides is 1. The minimum absolute atomic E-state index is 0.417. The summed E-state index contributed by atoms with van der Waals surface area (Å²) in [6.45, 7) is 0. The lowest BCUT2D eigenvalue weighted by Gasteiger charge is -2.25. The van der Waals surface area contributed by atoms with Crippen LogP contribution >= 0.6 is 0 Å². The largest absolute Gasteiger partial charge is 0.414 e. The van der Waals surface area contributed by atoms with Crippen molar-refractivity contribution in [2.24, 2.45) is 5.73 Å². The molecule has 1 aliphatic heterocycles. The van der Waals surface area contributed by atoms with Crippen LogP contribution in [0.1, 0.15) is 11.7 Å². The summed E-state index contributed by atoms with van der Waals surface area (Å²) in [5.41, 5.74) is 5.65. The first kappa shape index (κ1) is 9.32. The zero-order valence-electron chi connectivity index (χ0n) is 7.69. The first-order chi connectivity index (χ1) is 7.16. The molecule has 1 aliphatic rings. The molecular weight excluding hydrogens is 198 g/mol. The van der Waals surface area contributed by atoms with Crippen molar-refractivity contribution < 1.29 is 14.3 Å². The average molecular weight is 207 g/mol. The van der Waals surface area contributed by atoms with Crippen LogP contribution < -0.4 is 21.1 Å². The zero-order chi connectivity index (χ0) is 10.8. The van der Waals surface area contributed by atoms with Gasteiger partial charge in [0, 0.05) is 5.56 Å². The molecule has 6 heteroatoms. The Morgan fingerprint density at radius 3 is 2.93 bits per heavy atom. The lowest BCUT2D eigenvalue weighted by molar-refractivity contribution is 0.184. The Kier molecular flexibility index (Phi) is 2.17. The molecular formula is C9H9N3O3. The third-order valence-corrected chi connectivity index (χ3v) is 1.98. The standard InChI is InChI=1S/C9H9N3O3/c10-8(13)11-7-5-3-1-2-4-6(5)15-9(14)12-7/h1-4,7H,(H,12,14)(H3,10,11,13)/t7-/m1/s1. The molecule has 1 aromatic rings. The maximum atomic E-state index is 11.1. The fraction of sp³-hybridized carbons (Fsp3) is 0.111. The van der Waals surface area contributed by atoms with Crippen molar-refractivity contribution in [3.63, 3.8) is 0 Å². The van der Waals surface area contributed by atoms with Crippen LogP contribution in [0.5, 0.6) is 5.75 Å². The number of para-hydroxylation sites is 1. The number of nitrogens with two attached hydrogens (primary N) is 1. The number of nitrogens with one attached hydrogen (secondary N) is 2. The first-order valence-corrected chi connectivity index (χ1v) is 4.30. The van der Waals surface area contributed by atoms with Crippen molar-refractivity contribution in [3.8, 4) is 5.75 Å². The molecule has 6 nitrogen and oxygen atoms in total. The number of carbonyl (C=O) groups excluding carboxylic acids is 2. The third-order valence-electron chi connectivity index (χ3n) is 1.98. The quantitative estimate of drug-likeness (QED) is 0.624. The van der Waals surface area contributed by atoms with Gasteiger partial charge >= 0.3 is 12.1 Å². The lowest BCUT2D eigenvalue weighted by Crippen LogP contribution is -2.46. The second kappa shape index (κ2) is 3.49. The Balaban J connectivity index is 2.33. The highest BCUT2D eigenvalue weighted by Gasteiger charge is 2.25. The van der Waals surface area contributed by atoms with Crippen molar-refractivity contribution in [1.82, 2.24) is 10.6 Å². The van der Waals surface area contributed by atoms with Crippen LogP contribution in [-0.4, -0.2) is 12.1 Å². The Bertz CT molecular complexity index is 419. The highest BCUT2D eigenvalue weighted by Crippen LogP contribution is 2.26. The van der Waals surface area contributed by atoms with Gasteiger partial charge in [-0.2, -0.15) is 0 Å². The summed E-state index contributed by atoms with van der Waals surface area (Å²) in [4.78, 5) is 21.8. The molecule has 0 spiro atoms. The fourth-order valence-electron chi connectivity index (χ4n) is 1.39. The monoisotopic (exact) mass is 207 g/mol. The van der Waals surface area contributed by atoms with Gasteiger partial charge in [-0.05, 0) is 6.07 Å². The van der Waals surface area contributed by atoms with Crippen LogP contribution in [0.3, 0.4) is 0 Å². The molecule has 1 atom stereocenters. The van der Waals surface area contributed by atoms with E-state index in [0.717, 1.165) is 0 Å². The minimum Gasteiger partial charge on any atom is -0.410 e. The van der Waals surface area contributed by atoms with E-state index in [1.807, 2.05) is 0 Å². The maximum Gasteiger partial charge on any atom is 0.414 e. The van der Waals surface area contributed by atoms with Gasteiger partial charge in [-0.15, -0.1) is 0 Å². The molecule has 0 bridgehead atoms. The molecule has 1 aromatic carbocycles. The van der Waals surface area contributed by atoms with Gasteiger partial charge in [-0.3, -0.25) is 5.32 Å². The summed E-state index contributed by atoms with van der Waals surface area (Å²) in [6, 6.07) is 6.17. The van der Waals surface area contributed by atoms with Crippen molar-refractivity contribution in [3.05, 3.63) is 29.8 Å². The van der Waals surface area contributed by atoms with Gasteiger partial charge in [-0.1, -0.05) is 18.2 Å². The van der Waals surface area contributed by atoms with Crippen molar-refractivity contribution >= 4 is 12.1 Å². The van der Waals surface area contributed by atoms with Crippen molar-refractivity contribution in [1.29, 1.82) is 0 Å². The minimum atomic E-state index is -0.711. The van der Waals surface area contributed by atoms with Crippen LogP contribution in [0.25, 0.3) is 0 Å². The van der Waals surface area contributed by atoms with Gasteiger partial charge in [0.05, 0.1) is 0 Å². The summed E-state index contributed by atoms with van der Waals surface area (Å²) in [7, 11) is 0. The molecule has 78 valence electrons. The first-order valence-electron chi connectivity index (χ1n) is 4.30. The number of benzene rings is 1. The lowest BCUT2D eigenvalue weighted by atomic mass is 10.1. The number of carbonyl (C=O) groups is 2. The Morgan fingerprint density at radius 1 is 1.47 bits per heavy atom. The second-order valence-corrected chi connectivity index (χ2v) is 3.01. The molecule has 1 heterocycles. The summed E-state index contributed by atoms with van der Waals surface area (Å²) in [5.74, 6) is 0.417. The normalized spacial score (nSPS) is 18.4. The van der Waals surface area contributed by atoms with Gasteiger partial charge in [0.25, 0.3) is 0 Å². The fourth-order valence-corrected chi connectivity index (χ4v) is 1.39. The summed E-state index contributed by atoms with van der Waals surface area (Å²) in [5, 5.41) is 4.83. The maximum absolute atomic E-state index is 11.1. The van der Waals surface area contributed by atoms with Crippen LogP contribution in [0.4, 0.5) is 9.59 Å². The molecule has 0 saturated carbocycles. The van der Waals surface area contributed by atoms with Crippen LogP contribution in [0, 0.1) is 0 Å². The van der Waals surface area contributed by atoms with E-state index in [-0.39, 0.29) is 0 Å². The van der Waals surface area contributed by atoms with Gasteiger partial charge in [0.15, 0.2) is 0 Å². The Hall–Kier alpha value is -2.24. The van der Waals surface area contributed by atoms with Crippen LogP contribution in [0.15, 0.2) is 24.3 Å². The second-order valence-electron chi connectivity index (χ2n) is 3.01. The SMILES string of the molecule is NC(=O)N[C@@H]1NC(=O)Oc2ccccc21. The van der Waals surface area contributed by atoms with E-state index in [4.69, 9.17) is 10.5 Å². The molecule has 2 rings (SSSR count). The Labute approximate surface area is 85.4 Å². The number of amides is 3. The van der Waals surface area contributed by atoms with E-state index in [1.54, 1.807) is 24.3 Å². The van der Waals surface area contributed by atoms with Gasteiger partial charge in [0.1, 0.15) is 11.9 Å². The van der Waals surface area contributed by atoms with Crippen molar-refractivity contribution in [2.75, 3.05) is 0 Å². The predicted molar refractivity (Wildman–Crippen MR) is 51.1 cm³/mol. The van der Waals surface area contributed by atoms with E-state index in [2.05, 4.69) is 10.6 Å². The highest BCUT2D eigenvalue weighted by molar-refractivity contribution is 5.77. The molecule has 3 amide bonds. The highest BCUT2D eigenvalue weighted by atomic mass is 16.6. The average Bonchev–Trinajstić information content (AvgIpc) is 2.16. The molecule has 0 fully saturated rings. The third kappa shape index (κ3) is 1.83. The number of urea groups is 1. The summed E-state index contributed by atoms with van der Waals surface area (Å²) in [6.07, 6.45) is -1.26. The molecule has 0 saturated heterocycles. The topological polar surface area (TPSA) is 93.5 Å². The number of hydrogen-bond acceptors (Lipinski definition) is 3. The number of ether oxygens (including phenoxy) is 1. The predicted octanol–water partition coefficient (Wildman–Crippen LogP) is 0.455. The molecule has 0 aromatic heterocycles. The molecule has 4 N–H and O–H groups in total. The molecule has 0 aliphatic carbocycles. The number of hydrogen-bond donors (Lipinski definition) is 3. The van der Waals surface area contributed by atoms with Crippen LogP contribution in [-0.2, 0) is 0 Å². The molecule has 0 radical (unpaired) electrons. The number of fused-ring (bicyclic) bond motifs is 1. The zero-order valence-corrected chi connectivity index (χ0v) is 7.69. The Morgan fingerprint density at radius 2 is 2.20 bits per heavy atom. The van der Waals surface area contributed by atoms with E-state index in [9.17, 15) is 9.59 Å². The summed E-state index contributed by atoms with van der Waals surface area (Å²) < 4.78 is 4.90. The van der Waals surface area contributed by atoms with E-state index in [0.29, 0.717) is 11.3 Å². The van der Waals surface area contributed by atoms with E-state index >= 15 is 0 Å². The van der Waals surface area contributed by atoms with E-state index < -0.39 is 18.3 Å². The van der Waals surface area contributed by atoms with Gasteiger partial charge in [-0.25, -0.2) is 9.59 Å². The van der Waals surface area contributed by atoms with Gasteiger partial charge < -0.3 is 15.8 Å². The van der Waals surface area contributed by atoms with Gasteiger partial charge in [0.2, 0.25) is 0 Å².